The average molecular weight is 325 g/mol. The third-order valence-electron chi connectivity index (χ3n) is 2.34. The van der Waals surface area contributed by atoms with E-state index in [0.29, 0.717) is 0 Å². The van der Waals surface area contributed by atoms with E-state index in [1.54, 1.807) is 20.8 Å². The summed E-state index contributed by atoms with van der Waals surface area (Å²) in [7, 11) is 0. The van der Waals surface area contributed by atoms with Crippen molar-refractivity contribution in [1.82, 2.24) is 0 Å². The Balaban J connectivity index is 2.96. The van der Waals surface area contributed by atoms with Gasteiger partial charge < -0.3 is 10.5 Å². The number of hydrogen-bond acceptors (Lipinski definition) is 3. The monoisotopic (exact) mass is 324 g/mol. The van der Waals surface area contributed by atoms with Gasteiger partial charge in [0.05, 0.1) is 10.7 Å². The Morgan fingerprint density at radius 3 is 2.38 bits per heavy atom. The fourth-order valence-corrected chi connectivity index (χ4v) is 1.60. The van der Waals surface area contributed by atoms with Crippen molar-refractivity contribution in [1.29, 1.82) is 0 Å². The summed E-state index contributed by atoms with van der Waals surface area (Å²) in [6.45, 7) is 4.97. The molecule has 0 aliphatic rings. The summed E-state index contributed by atoms with van der Waals surface area (Å²) in [6, 6.07) is 1.30. The van der Waals surface area contributed by atoms with E-state index < -0.39 is 23.9 Å². The molecule has 21 heavy (non-hydrogen) atoms. The van der Waals surface area contributed by atoms with Gasteiger partial charge in [-0.15, -0.1) is 0 Å². The molecule has 1 aromatic carbocycles. The van der Waals surface area contributed by atoms with Crippen molar-refractivity contribution in [3.8, 4) is 0 Å². The molecular weight excluding hydrogens is 309 g/mol. The van der Waals surface area contributed by atoms with Crippen molar-refractivity contribution in [3.05, 3.63) is 28.8 Å². The number of benzene rings is 1. The summed E-state index contributed by atoms with van der Waals surface area (Å²) < 4.78 is 42.7. The summed E-state index contributed by atoms with van der Waals surface area (Å²) >= 11 is 5.84. The molecule has 0 aliphatic heterocycles. The highest BCUT2D eigenvalue weighted by molar-refractivity contribution is 6.33. The number of rotatable bonds is 2. The number of carbonyl (C=O) groups is 1. The van der Waals surface area contributed by atoms with Crippen LogP contribution in [0.3, 0.4) is 0 Å². The average Bonchev–Trinajstić information content (AvgIpc) is 2.27. The van der Waals surface area contributed by atoms with Crippen molar-refractivity contribution < 1.29 is 22.7 Å². The zero-order valence-electron chi connectivity index (χ0n) is 11.7. The topological polar surface area (TPSA) is 64.3 Å². The number of alkyl halides is 3. The Bertz CT molecular complexity index is 527. The van der Waals surface area contributed by atoms with Gasteiger partial charge in [-0.2, -0.15) is 13.2 Å². The number of ether oxygens (including phenoxy) is 1. The van der Waals surface area contributed by atoms with Crippen LogP contribution in [0.5, 0.6) is 0 Å². The van der Waals surface area contributed by atoms with Gasteiger partial charge in [0, 0.05) is 0 Å². The van der Waals surface area contributed by atoms with E-state index in [1.807, 2.05) is 0 Å². The minimum atomic E-state index is -4.59. The van der Waals surface area contributed by atoms with Gasteiger partial charge in [0.2, 0.25) is 0 Å². The summed E-state index contributed by atoms with van der Waals surface area (Å²) in [5.41, 5.74) is 4.16. The van der Waals surface area contributed by atoms with Crippen LogP contribution in [0.1, 0.15) is 32.4 Å². The van der Waals surface area contributed by atoms with E-state index in [2.05, 4.69) is 5.32 Å². The summed E-state index contributed by atoms with van der Waals surface area (Å²) in [5, 5.41) is 2.38. The predicted octanol–water partition coefficient (Wildman–Crippen LogP) is 4.25. The Labute approximate surface area is 125 Å². The molecule has 0 saturated heterocycles. The van der Waals surface area contributed by atoms with Crippen LogP contribution in [0.25, 0.3) is 0 Å². The van der Waals surface area contributed by atoms with Crippen LogP contribution in [0.15, 0.2) is 18.2 Å². The number of nitrogens with one attached hydrogen (secondary N) is 1. The third-order valence-corrected chi connectivity index (χ3v) is 2.67. The maximum atomic E-state index is 12.6. The van der Waals surface area contributed by atoms with E-state index in [-0.39, 0.29) is 16.3 Å². The van der Waals surface area contributed by atoms with Crippen molar-refractivity contribution in [2.75, 3.05) is 5.32 Å². The first-order valence-corrected chi connectivity index (χ1v) is 6.39. The van der Waals surface area contributed by atoms with Crippen molar-refractivity contribution in [2.24, 2.45) is 5.73 Å². The zero-order chi connectivity index (χ0) is 16.4. The molecule has 0 spiro atoms. The normalized spacial score (nSPS) is 13.7. The van der Waals surface area contributed by atoms with Crippen LogP contribution in [-0.4, -0.2) is 17.9 Å². The molecule has 0 aliphatic carbocycles. The summed E-state index contributed by atoms with van der Waals surface area (Å²) in [6.07, 6.45) is -5.40. The van der Waals surface area contributed by atoms with E-state index in [9.17, 15) is 18.0 Å². The van der Waals surface area contributed by atoms with Gasteiger partial charge in [0.25, 0.3) is 0 Å². The van der Waals surface area contributed by atoms with Gasteiger partial charge in [0.15, 0.2) is 0 Å². The molecule has 0 radical (unpaired) electrons. The lowest BCUT2D eigenvalue weighted by molar-refractivity contribution is -0.149. The smallest absolute Gasteiger partial charge is 0.412 e. The number of amides is 1. The first-order chi connectivity index (χ1) is 9.40. The quantitative estimate of drug-likeness (QED) is 0.854. The number of nitrogens with two attached hydrogens (primary N) is 1. The van der Waals surface area contributed by atoms with Crippen LogP contribution in [0.2, 0.25) is 5.02 Å². The second kappa shape index (κ2) is 6.11. The Morgan fingerprint density at radius 2 is 1.90 bits per heavy atom. The molecule has 1 amide bonds. The van der Waals surface area contributed by atoms with Crippen molar-refractivity contribution in [3.63, 3.8) is 0 Å². The fraction of sp³-hybridized carbons (Fsp3) is 0.462. The molecule has 1 rings (SSSR count). The third kappa shape index (κ3) is 5.43. The summed E-state index contributed by atoms with van der Waals surface area (Å²) in [4.78, 5) is 11.6. The second-order valence-electron chi connectivity index (χ2n) is 5.39. The minimum absolute atomic E-state index is 0.00289. The van der Waals surface area contributed by atoms with Crippen molar-refractivity contribution >= 4 is 23.4 Å². The molecule has 118 valence electrons. The lowest BCUT2D eigenvalue weighted by Crippen LogP contribution is -2.29. The fourth-order valence-electron chi connectivity index (χ4n) is 1.43. The molecular formula is C13H16ClF3N2O2. The predicted molar refractivity (Wildman–Crippen MR) is 74.3 cm³/mol. The Morgan fingerprint density at radius 1 is 1.33 bits per heavy atom. The lowest BCUT2D eigenvalue weighted by Gasteiger charge is -2.21. The van der Waals surface area contributed by atoms with Crippen LogP contribution >= 0.6 is 11.6 Å². The van der Waals surface area contributed by atoms with Crippen LogP contribution in [0.4, 0.5) is 23.7 Å². The number of anilines is 1. The number of carbonyl (C=O) groups excluding carboxylic acids is 1. The molecule has 1 atom stereocenters. The molecule has 0 aromatic heterocycles. The molecule has 1 unspecified atom stereocenters. The highest BCUT2D eigenvalue weighted by atomic mass is 35.5. The minimum Gasteiger partial charge on any atom is -0.444 e. The van der Waals surface area contributed by atoms with Crippen molar-refractivity contribution in [2.45, 2.75) is 38.6 Å². The SMILES string of the molecule is CC(C)(C)OC(=O)Nc1cc(C(N)C(F)(F)F)ccc1Cl. The first-order valence-electron chi connectivity index (χ1n) is 6.02. The van der Waals surface area contributed by atoms with E-state index in [1.165, 1.54) is 6.07 Å². The molecule has 1 aromatic rings. The molecule has 0 fully saturated rings. The Kier molecular flexibility index (Phi) is 5.11. The van der Waals surface area contributed by atoms with Gasteiger partial charge in [-0.05, 0) is 38.5 Å². The van der Waals surface area contributed by atoms with E-state index in [4.69, 9.17) is 22.1 Å². The maximum Gasteiger partial charge on any atom is 0.412 e. The maximum absolute atomic E-state index is 12.6. The van der Waals surface area contributed by atoms with E-state index in [0.717, 1.165) is 12.1 Å². The molecule has 4 nitrogen and oxygen atoms in total. The van der Waals surface area contributed by atoms with Gasteiger partial charge >= 0.3 is 12.3 Å². The van der Waals surface area contributed by atoms with Crippen LogP contribution in [0, 0.1) is 0 Å². The number of hydrogen-bond donors (Lipinski definition) is 2. The van der Waals surface area contributed by atoms with Crippen LogP contribution < -0.4 is 11.1 Å². The standard InChI is InChI=1S/C13H16ClF3N2O2/c1-12(2,3)21-11(20)19-9-6-7(4-5-8(9)14)10(18)13(15,16)17/h4-6,10H,18H2,1-3H3,(H,19,20). The molecule has 3 N–H and O–H groups in total. The van der Waals surface area contributed by atoms with Gasteiger partial charge in [-0.3, -0.25) is 5.32 Å². The molecule has 0 saturated carbocycles. The largest absolute Gasteiger partial charge is 0.444 e. The van der Waals surface area contributed by atoms with Gasteiger partial charge in [0.1, 0.15) is 11.6 Å². The Hall–Kier alpha value is -1.47. The van der Waals surface area contributed by atoms with Gasteiger partial charge in [-0.25, -0.2) is 4.79 Å². The molecule has 0 bridgehead atoms. The van der Waals surface area contributed by atoms with Gasteiger partial charge in [-0.1, -0.05) is 17.7 Å². The molecule has 0 heterocycles. The highest BCUT2D eigenvalue weighted by Crippen LogP contribution is 2.33. The number of halogens is 4. The summed E-state index contributed by atoms with van der Waals surface area (Å²) in [5.74, 6) is 0. The first kappa shape index (κ1) is 17.6. The highest BCUT2D eigenvalue weighted by Gasteiger charge is 2.38. The zero-order valence-corrected chi connectivity index (χ0v) is 12.5. The second-order valence-corrected chi connectivity index (χ2v) is 5.79. The van der Waals surface area contributed by atoms with Crippen LogP contribution in [-0.2, 0) is 4.74 Å². The van der Waals surface area contributed by atoms with E-state index >= 15 is 0 Å². The molecule has 8 heteroatoms. The lowest BCUT2D eigenvalue weighted by atomic mass is 10.1.